The molecule has 0 aromatic carbocycles. The van der Waals surface area contributed by atoms with Crippen LogP contribution in [0.4, 0.5) is 5.82 Å². The Balaban J connectivity index is 1.94. The van der Waals surface area contributed by atoms with Gasteiger partial charge in [-0.15, -0.1) is 0 Å². The molecule has 4 nitrogen and oxygen atoms in total. The zero-order valence-corrected chi connectivity index (χ0v) is 9.82. The molecule has 1 aromatic rings. The molecule has 0 saturated heterocycles. The minimum Gasteiger partial charge on any atom is -0.308 e. The van der Waals surface area contributed by atoms with Gasteiger partial charge < -0.3 is 5.43 Å². The first-order chi connectivity index (χ1) is 7.83. The maximum absolute atomic E-state index is 5.28. The number of nitrogen functional groups attached to an aromatic ring is 1. The Kier molecular flexibility index (Phi) is 3.74. The number of pyridine rings is 1. The number of hydrogen-bond donors (Lipinski definition) is 2. The van der Waals surface area contributed by atoms with Crippen LogP contribution in [0.2, 0.25) is 0 Å². The van der Waals surface area contributed by atoms with Gasteiger partial charge in [0.1, 0.15) is 5.82 Å². The molecule has 16 heavy (non-hydrogen) atoms. The van der Waals surface area contributed by atoms with E-state index in [-0.39, 0.29) is 0 Å². The summed E-state index contributed by atoms with van der Waals surface area (Å²) in [5.41, 5.74) is 3.81. The number of anilines is 1. The third-order valence-corrected chi connectivity index (χ3v) is 2.93. The normalized spacial score (nSPS) is 15.4. The van der Waals surface area contributed by atoms with Crippen molar-refractivity contribution in [2.45, 2.75) is 38.8 Å². The van der Waals surface area contributed by atoms with Gasteiger partial charge in [0.15, 0.2) is 0 Å². The number of nitrogens with one attached hydrogen (secondary N) is 1. The minimum atomic E-state index is 0.720. The molecule has 0 spiro atoms. The van der Waals surface area contributed by atoms with E-state index in [0.717, 1.165) is 18.4 Å². The van der Waals surface area contributed by atoms with Crippen LogP contribution in [-0.4, -0.2) is 22.5 Å². The maximum Gasteiger partial charge on any atom is 0.139 e. The molecule has 1 heterocycles. The van der Waals surface area contributed by atoms with Crippen molar-refractivity contribution in [2.75, 3.05) is 12.0 Å². The SMILES string of the molecule is CCCN(Cc1ccc(NN)nc1)C1CC1. The highest BCUT2D eigenvalue weighted by Gasteiger charge is 2.28. The van der Waals surface area contributed by atoms with Gasteiger partial charge in [-0.1, -0.05) is 13.0 Å². The van der Waals surface area contributed by atoms with Crippen LogP contribution >= 0.6 is 0 Å². The minimum absolute atomic E-state index is 0.720. The average molecular weight is 220 g/mol. The van der Waals surface area contributed by atoms with E-state index in [9.17, 15) is 0 Å². The van der Waals surface area contributed by atoms with Crippen LogP contribution < -0.4 is 11.3 Å². The first-order valence-corrected chi connectivity index (χ1v) is 5.99. The summed E-state index contributed by atoms with van der Waals surface area (Å²) in [6.45, 7) is 4.42. The summed E-state index contributed by atoms with van der Waals surface area (Å²) in [4.78, 5) is 6.78. The fraction of sp³-hybridized carbons (Fsp3) is 0.583. The van der Waals surface area contributed by atoms with Gasteiger partial charge in [-0.25, -0.2) is 10.8 Å². The molecule has 0 aliphatic heterocycles. The van der Waals surface area contributed by atoms with Crippen molar-refractivity contribution in [2.24, 2.45) is 5.84 Å². The first kappa shape index (κ1) is 11.4. The van der Waals surface area contributed by atoms with E-state index < -0.39 is 0 Å². The summed E-state index contributed by atoms with van der Waals surface area (Å²) < 4.78 is 0. The molecular weight excluding hydrogens is 200 g/mol. The quantitative estimate of drug-likeness (QED) is 0.566. The monoisotopic (exact) mass is 220 g/mol. The molecule has 88 valence electrons. The highest BCUT2D eigenvalue weighted by molar-refractivity contribution is 5.33. The Hall–Kier alpha value is -1.13. The van der Waals surface area contributed by atoms with Crippen LogP contribution in [0.25, 0.3) is 0 Å². The second kappa shape index (κ2) is 5.27. The molecule has 2 rings (SSSR count). The summed E-state index contributed by atoms with van der Waals surface area (Å²) in [6, 6.07) is 4.83. The third kappa shape index (κ3) is 2.93. The lowest BCUT2D eigenvalue weighted by Gasteiger charge is -2.21. The molecule has 0 atom stereocenters. The molecule has 1 saturated carbocycles. The third-order valence-electron chi connectivity index (χ3n) is 2.93. The number of hydrazine groups is 1. The Morgan fingerprint density at radius 2 is 2.31 bits per heavy atom. The Labute approximate surface area is 96.8 Å². The zero-order chi connectivity index (χ0) is 11.4. The number of rotatable bonds is 6. The molecule has 0 radical (unpaired) electrons. The summed E-state index contributed by atoms with van der Waals surface area (Å²) in [6.07, 6.45) is 5.83. The van der Waals surface area contributed by atoms with E-state index in [1.165, 1.54) is 31.4 Å². The number of nitrogens with zero attached hydrogens (tertiary/aromatic N) is 2. The van der Waals surface area contributed by atoms with Gasteiger partial charge in [-0.05, 0) is 37.4 Å². The fourth-order valence-electron chi connectivity index (χ4n) is 1.96. The lowest BCUT2D eigenvalue weighted by atomic mass is 10.2. The average Bonchev–Trinajstić information content (AvgIpc) is 3.13. The standard InChI is InChI=1S/C12H20N4/c1-2-7-16(11-4-5-11)9-10-3-6-12(15-13)14-8-10/h3,6,8,11H,2,4-5,7,9,13H2,1H3,(H,14,15). The van der Waals surface area contributed by atoms with E-state index in [2.05, 4.69) is 28.3 Å². The molecule has 1 aliphatic rings. The summed E-state index contributed by atoms with van der Waals surface area (Å²) >= 11 is 0. The van der Waals surface area contributed by atoms with Crippen molar-refractivity contribution < 1.29 is 0 Å². The molecule has 1 fully saturated rings. The maximum atomic E-state index is 5.28. The number of hydrogen-bond acceptors (Lipinski definition) is 4. The molecule has 4 heteroatoms. The van der Waals surface area contributed by atoms with Crippen LogP contribution in [0.3, 0.4) is 0 Å². The van der Waals surface area contributed by atoms with Gasteiger partial charge in [0.2, 0.25) is 0 Å². The predicted molar refractivity (Wildman–Crippen MR) is 65.8 cm³/mol. The predicted octanol–water partition coefficient (Wildman–Crippen LogP) is 1.74. The molecule has 1 aliphatic carbocycles. The lowest BCUT2D eigenvalue weighted by molar-refractivity contribution is 0.255. The van der Waals surface area contributed by atoms with Crippen molar-refractivity contribution in [3.8, 4) is 0 Å². The van der Waals surface area contributed by atoms with Crippen molar-refractivity contribution in [3.63, 3.8) is 0 Å². The zero-order valence-electron chi connectivity index (χ0n) is 9.82. The number of nitrogens with two attached hydrogens (primary N) is 1. The van der Waals surface area contributed by atoms with Crippen molar-refractivity contribution in [3.05, 3.63) is 23.9 Å². The van der Waals surface area contributed by atoms with Gasteiger partial charge in [-0.3, -0.25) is 4.90 Å². The summed E-state index contributed by atoms with van der Waals surface area (Å²) in [5, 5.41) is 0. The van der Waals surface area contributed by atoms with Crippen LogP contribution in [0.15, 0.2) is 18.3 Å². The smallest absolute Gasteiger partial charge is 0.139 e. The van der Waals surface area contributed by atoms with Crippen LogP contribution in [0.5, 0.6) is 0 Å². The second-order valence-electron chi connectivity index (χ2n) is 4.40. The van der Waals surface area contributed by atoms with Crippen molar-refractivity contribution in [1.82, 2.24) is 9.88 Å². The molecular formula is C12H20N4. The van der Waals surface area contributed by atoms with Crippen molar-refractivity contribution >= 4 is 5.82 Å². The van der Waals surface area contributed by atoms with Crippen LogP contribution in [-0.2, 0) is 6.54 Å². The topological polar surface area (TPSA) is 54.2 Å². The molecule has 0 unspecified atom stereocenters. The van der Waals surface area contributed by atoms with Crippen LogP contribution in [0, 0.1) is 0 Å². The van der Waals surface area contributed by atoms with Gasteiger partial charge >= 0.3 is 0 Å². The fourth-order valence-corrected chi connectivity index (χ4v) is 1.96. The van der Waals surface area contributed by atoms with Crippen molar-refractivity contribution in [1.29, 1.82) is 0 Å². The molecule has 1 aromatic heterocycles. The molecule has 0 amide bonds. The van der Waals surface area contributed by atoms with E-state index in [4.69, 9.17) is 5.84 Å². The van der Waals surface area contributed by atoms with Gasteiger partial charge in [0, 0.05) is 18.8 Å². The Bertz CT molecular complexity index is 318. The van der Waals surface area contributed by atoms with Gasteiger partial charge in [-0.2, -0.15) is 0 Å². The first-order valence-electron chi connectivity index (χ1n) is 5.99. The van der Waals surface area contributed by atoms with Gasteiger partial charge in [0.25, 0.3) is 0 Å². The molecule has 3 N–H and O–H groups in total. The lowest BCUT2D eigenvalue weighted by Crippen LogP contribution is -2.26. The molecule has 0 bridgehead atoms. The second-order valence-corrected chi connectivity index (χ2v) is 4.40. The van der Waals surface area contributed by atoms with E-state index in [1.807, 2.05) is 12.3 Å². The van der Waals surface area contributed by atoms with Gasteiger partial charge in [0.05, 0.1) is 0 Å². The summed E-state index contributed by atoms with van der Waals surface area (Å²) in [7, 11) is 0. The summed E-state index contributed by atoms with van der Waals surface area (Å²) in [5.74, 6) is 6.00. The highest BCUT2D eigenvalue weighted by atomic mass is 15.2. The van der Waals surface area contributed by atoms with E-state index in [1.54, 1.807) is 0 Å². The highest BCUT2D eigenvalue weighted by Crippen LogP contribution is 2.28. The van der Waals surface area contributed by atoms with E-state index in [0.29, 0.717) is 0 Å². The Morgan fingerprint density at radius 1 is 1.50 bits per heavy atom. The van der Waals surface area contributed by atoms with E-state index >= 15 is 0 Å². The number of aromatic nitrogens is 1. The largest absolute Gasteiger partial charge is 0.308 e. The van der Waals surface area contributed by atoms with Crippen LogP contribution in [0.1, 0.15) is 31.7 Å². The Morgan fingerprint density at radius 3 is 2.81 bits per heavy atom.